The highest BCUT2D eigenvalue weighted by atomic mass is 35.5. The molecule has 1 N–H and O–H groups in total. The van der Waals surface area contributed by atoms with Crippen molar-refractivity contribution < 1.29 is 4.42 Å². The van der Waals surface area contributed by atoms with Crippen LogP contribution in [-0.4, -0.2) is 24.1 Å². The molecule has 0 aliphatic rings. The first kappa shape index (κ1) is 20.5. The van der Waals surface area contributed by atoms with Gasteiger partial charge in [0.15, 0.2) is 5.11 Å². The van der Waals surface area contributed by atoms with Crippen LogP contribution >= 0.6 is 35.4 Å². The summed E-state index contributed by atoms with van der Waals surface area (Å²) in [6, 6.07) is 17.5. The molecule has 0 radical (unpaired) electrons. The van der Waals surface area contributed by atoms with Crippen molar-refractivity contribution in [2.45, 2.75) is 13.1 Å². The first-order valence-corrected chi connectivity index (χ1v) is 9.88. The molecular weight excluding hydrogens is 413 g/mol. The summed E-state index contributed by atoms with van der Waals surface area (Å²) in [6.45, 7) is 1.19. The quantitative estimate of drug-likeness (QED) is 0.478. The van der Waals surface area contributed by atoms with Crippen LogP contribution in [0.3, 0.4) is 0 Å². The molecule has 0 saturated heterocycles. The molecule has 2 aromatic carbocycles. The molecule has 4 nitrogen and oxygen atoms in total. The highest BCUT2D eigenvalue weighted by Gasteiger charge is 2.14. The molecule has 0 aliphatic heterocycles. The van der Waals surface area contributed by atoms with E-state index >= 15 is 0 Å². The first-order valence-electron chi connectivity index (χ1n) is 8.72. The van der Waals surface area contributed by atoms with E-state index in [2.05, 4.69) is 34.5 Å². The number of rotatable bonds is 6. The average Bonchev–Trinajstić information content (AvgIpc) is 3.18. The van der Waals surface area contributed by atoms with Gasteiger partial charge in [0.2, 0.25) is 0 Å². The molecule has 0 atom stereocenters. The van der Waals surface area contributed by atoms with Gasteiger partial charge >= 0.3 is 0 Å². The minimum Gasteiger partial charge on any atom is -0.467 e. The maximum Gasteiger partial charge on any atom is 0.174 e. The summed E-state index contributed by atoms with van der Waals surface area (Å²) in [7, 11) is 4.04. The van der Waals surface area contributed by atoms with Gasteiger partial charge < -0.3 is 19.5 Å². The van der Waals surface area contributed by atoms with Crippen molar-refractivity contribution in [3.63, 3.8) is 0 Å². The van der Waals surface area contributed by atoms with E-state index in [1.807, 2.05) is 37.2 Å². The maximum absolute atomic E-state index is 6.11. The fourth-order valence-electron chi connectivity index (χ4n) is 2.69. The first-order chi connectivity index (χ1) is 13.4. The third-order valence-electron chi connectivity index (χ3n) is 4.21. The summed E-state index contributed by atoms with van der Waals surface area (Å²) in [5.74, 6) is 0.836. The van der Waals surface area contributed by atoms with Gasteiger partial charge in [0, 0.05) is 32.0 Å². The van der Waals surface area contributed by atoms with Crippen LogP contribution in [0.15, 0.2) is 65.3 Å². The second-order valence-corrected chi connectivity index (χ2v) is 7.76. The van der Waals surface area contributed by atoms with Crippen LogP contribution < -0.4 is 10.2 Å². The predicted octanol–water partition coefficient (Wildman–Crippen LogP) is 6.05. The van der Waals surface area contributed by atoms with E-state index in [4.69, 9.17) is 39.8 Å². The Bertz CT molecular complexity index is 927. The molecule has 7 heteroatoms. The molecule has 0 bridgehead atoms. The molecule has 0 saturated carbocycles. The molecule has 1 aromatic heterocycles. The Morgan fingerprint density at radius 1 is 1.00 bits per heavy atom. The van der Waals surface area contributed by atoms with E-state index in [1.54, 1.807) is 18.4 Å². The number of hydrogen-bond donors (Lipinski definition) is 1. The number of hydrogen-bond acceptors (Lipinski definition) is 3. The molecule has 28 heavy (non-hydrogen) atoms. The van der Waals surface area contributed by atoms with Gasteiger partial charge in [-0.1, -0.05) is 35.3 Å². The van der Waals surface area contributed by atoms with Crippen LogP contribution in [0.5, 0.6) is 0 Å². The Labute approximate surface area is 180 Å². The number of benzene rings is 2. The third kappa shape index (κ3) is 5.41. The lowest BCUT2D eigenvalue weighted by Gasteiger charge is -2.25. The van der Waals surface area contributed by atoms with Crippen LogP contribution in [0, 0.1) is 0 Å². The Kier molecular flexibility index (Phi) is 6.83. The standard InChI is InChI=1S/C21H21Cl2N3OS/c1-25(2)17-8-5-15(6-9-17)13-26(14-18-4-3-11-27-18)21(28)24-16-7-10-19(22)20(23)12-16/h3-12H,13-14H2,1-2H3,(H,24,28). The van der Waals surface area contributed by atoms with Crippen LogP contribution in [0.25, 0.3) is 0 Å². The second kappa shape index (κ2) is 9.32. The van der Waals surface area contributed by atoms with Crippen molar-refractivity contribution in [1.29, 1.82) is 0 Å². The maximum atomic E-state index is 6.11. The van der Waals surface area contributed by atoms with Crippen molar-refractivity contribution in [2.24, 2.45) is 0 Å². The van der Waals surface area contributed by atoms with E-state index in [9.17, 15) is 0 Å². The van der Waals surface area contributed by atoms with Crippen LogP contribution in [-0.2, 0) is 13.1 Å². The SMILES string of the molecule is CN(C)c1ccc(CN(Cc2ccco2)C(=S)Nc2ccc(Cl)c(Cl)c2)cc1. The molecule has 0 spiro atoms. The molecular formula is C21H21Cl2N3OS. The smallest absolute Gasteiger partial charge is 0.174 e. The fraction of sp³-hybridized carbons (Fsp3) is 0.190. The lowest BCUT2D eigenvalue weighted by atomic mass is 10.2. The predicted molar refractivity (Wildman–Crippen MR) is 121 cm³/mol. The van der Waals surface area contributed by atoms with Gasteiger partial charge in [-0.15, -0.1) is 0 Å². The summed E-state index contributed by atoms with van der Waals surface area (Å²) < 4.78 is 5.51. The molecule has 0 amide bonds. The normalized spacial score (nSPS) is 10.6. The molecule has 3 aromatic rings. The Balaban J connectivity index is 1.77. The van der Waals surface area contributed by atoms with Gasteiger partial charge in [-0.05, 0) is 60.2 Å². The van der Waals surface area contributed by atoms with Gasteiger partial charge in [0.05, 0.1) is 22.9 Å². The van der Waals surface area contributed by atoms with Crippen molar-refractivity contribution in [3.05, 3.63) is 82.2 Å². The lowest BCUT2D eigenvalue weighted by Crippen LogP contribution is -2.33. The van der Waals surface area contributed by atoms with E-state index in [1.165, 1.54) is 0 Å². The van der Waals surface area contributed by atoms with Crippen molar-refractivity contribution >= 4 is 51.9 Å². The summed E-state index contributed by atoms with van der Waals surface area (Å²) >= 11 is 17.8. The van der Waals surface area contributed by atoms with E-state index < -0.39 is 0 Å². The number of halogens is 2. The van der Waals surface area contributed by atoms with Crippen LogP contribution in [0.2, 0.25) is 10.0 Å². The zero-order valence-corrected chi connectivity index (χ0v) is 18.0. The van der Waals surface area contributed by atoms with Crippen molar-refractivity contribution in [1.82, 2.24) is 4.90 Å². The van der Waals surface area contributed by atoms with Crippen molar-refractivity contribution in [2.75, 3.05) is 24.3 Å². The molecule has 0 fully saturated rings. The summed E-state index contributed by atoms with van der Waals surface area (Å²) in [5.41, 5.74) is 3.08. The van der Waals surface area contributed by atoms with Crippen LogP contribution in [0.1, 0.15) is 11.3 Å². The number of nitrogens with one attached hydrogen (secondary N) is 1. The third-order valence-corrected chi connectivity index (χ3v) is 5.31. The summed E-state index contributed by atoms with van der Waals surface area (Å²) in [5, 5.41) is 4.80. The molecule has 1 heterocycles. The van der Waals surface area contributed by atoms with Gasteiger partial charge in [-0.2, -0.15) is 0 Å². The Morgan fingerprint density at radius 2 is 1.75 bits per heavy atom. The number of thiocarbonyl (C=S) groups is 1. The largest absolute Gasteiger partial charge is 0.467 e. The zero-order chi connectivity index (χ0) is 20.1. The molecule has 3 rings (SSSR count). The number of furan rings is 1. The topological polar surface area (TPSA) is 31.6 Å². The lowest BCUT2D eigenvalue weighted by molar-refractivity contribution is 0.360. The summed E-state index contributed by atoms with van der Waals surface area (Å²) in [4.78, 5) is 4.11. The van der Waals surface area contributed by atoms with Crippen LogP contribution in [0.4, 0.5) is 11.4 Å². The molecule has 0 aliphatic carbocycles. The van der Waals surface area contributed by atoms with E-state index in [0.29, 0.717) is 28.2 Å². The molecule has 0 unspecified atom stereocenters. The zero-order valence-electron chi connectivity index (χ0n) is 15.7. The minimum atomic E-state index is 0.478. The Hall–Kier alpha value is -2.21. The van der Waals surface area contributed by atoms with E-state index in [0.717, 1.165) is 22.7 Å². The van der Waals surface area contributed by atoms with Gasteiger partial charge in [0.1, 0.15) is 5.76 Å². The number of nitrogens with zero attached hydrogens (tertiary/aromatic N) is 2. The van der Waals surface area contributed by atoms with Gasteiger partial charge in [-0.3, -0.25) is 0 Å². The van der Waals surface area contributed by atoms with Gasteiger partial charge in [-0.25, -0.2) is 0 Å². The Morgan fingerprint density at radius 3 is 2.36 bits per heavy atom. The van der Waals surface area contributed by atoms with Gasteiger partial charge in [0.25, 0.3) is 0 Å². The summed E-state index contributed by atoms with van der Waals surface area (Å²) in [6.07, 6.45) is 1.66. The fourth-order valence-corrected chi connectivity index (χ4v) is 3.23. The van der Waals surface area contributed by atoms with Crippen molar-refractivity contribution in [3.8, 4) is 0 Å². The highest BCUT2D eigenvalue weighted by Crippen LogP contribution is 2.25. The highest BCUT2D eigenvalue weighted by molar-refractivity contribution is 7.80. The minimum absolute atomic E-state index is 0.478. The molecule has 146 valence electrons. The second-order valence-electron chi connectivity index (χ2n) is 6.56. The monoisotopic (exact) mass is 433 g/mol. The van der Waals surface area contributed by atoms with E-state index in [-0.39, 0.29) is 0 Å². The number of anilines is 2. The average molecular weight is 434 g/mol.